The predicted molar refractivity (Wildman–Crippen MR) is 61.3 cm³/mol. The predicted octanol–water partition coefficient (Wildman–Crippen LogP) is 2.05. The van der Waals surface area contributed by atoms with Gasteiger partial charge in [-0.2, -0.15) is 0 Å². The van der Waals surface area contributed by atoms with Crippen molar-refractivity contribution >= 4 is 11.6 Å². The second kappa shape index (κ2) is 3.92. The van der Waals surface area contributed by atoms with E-state index in [1.54, 1.807) is 0 Å². The SMILES string of the molecule is N=C(N)C1=C(O)[C@]2(CCCCC2=O)CCC1. The Bertz CT molecular complexity index is 373. The molecule has 0 bridgehead atoms. The summed E-state index contributed by atoms with van der Waals surface area (Å²) >= 11 is 0. The van der Waals surface area contributed by atoms with Crippen LogP contribution in [0, 0.1) is 10.8 Å². The Labute approximate surface area is 95.0 Å². The molecule has 4 nitrogen and oxygen atoms in total. The van der Waals surface area contributed by atoms with E-state index < -0.39 is 5.41 Å². The van der Waals surface area contributed by atoms with Gasteiger partial charge in [-0.3, -0.25) is 10.2 Å². The van der Waals surface area contributed by atoms with Crippen molar-refractivity contribution in [3.63, 3.8) is 0 Å². The van der Waals surface area contributed by atoms with Crippen molar-refractivity contribution in [2.45, 2.75) is 44.9 Å². The van der Waals surface area contributed by atoms with Gasteiger partial charge in [0.25, 0.3) is 0 Å². The van der Waals surface area contributed by atoms with Gasteiger partial charge < -0.3 is 10.8 Å². The summed E-state index contributed by atoms with van der Waals surface area (Å²) in [6.45, 7) is 0. The summed E-state index contributed by atoms with van der Waals surface area (Å²) in [5.74, 6) is 0.139. The van der Waals surface area contributed by atoms with Crippen LogP contribution in [0.15, 0.2) is 11.3 Å². The number of nitrogens with one attached hydrogen (secondary N) is 1. The van der Waals surface area contributed by atoms with Crippen molar-refractivity contribution in [2.24, 2.45) is 11.1 Å². The van der Waals surface area contributed by atoms with Gasteiger partial charge in [-0.25, -0.2) is 0 Å². The van der Waals surface area contributed by atoms with Gasteiger partial charge in [-0.15, -0.1) is 0 Å². The summed E-state index contributed by atoms with van der Waals surface area (Å²) in [6.07, 6.45) is 5.34. The van der Waals surface area contributed by atoms with Crippen molar-refractivity contribution in [1.82, 2.24) is 0 Å². The van der Waals surface area contributed by atoms with E-state index in [1.165, 1.54) is 0 Å². The second-order valence-corrected chi connectivity index (χ2v) is 4.81. The van der Waals surface area contributed by atoms with Gasteiger partial charge >= 0.3 is 0 Å². The molecule has 0 unspecified atom stereocenters. The lowest BCUT2D eigenvalue weighted by Gasteiger charge is -2.39. The fraction of sp³-hybridized carbons (Fsp3) is 0.667. The van der Waals surface area contributed by atoms with Gasteiger partial charge in [-0.05, 0) is 32.1 Å². The minimum Gasteiger partial charge on any atom is -0.511 e. The Kier molecular flexibility index (Phi) is 2.74. The van der Waals surface area contributed by atoms with Gasteiger partial charge in [0.2, 0.25) is 0 Å². The lowest BCUT2D eigenvalue weighted by Crippen LogP contribution is -2.40. The Morgan fingerprint density at radius 2 is 1.94 bits per heavy atom. The van der Waals surface area contributed by atoms with Crippen molar-refractivity contribution in [1.29, 1.82) is 5.41 Å². The summed E-state index contributed by atoms with van der Waals surface area (Å²) in [5.41, 5.74) is 5.24. The molecule has 0 heterocycles. The molecule has 0 radical (unpaired) electrons. The van der Waals surface area contributed by atoms with Crippen LogP contribution in [0.4, 0.5) is 0 Å². The van der Waals surface area contributed by atoms with Crippen LogP contribution < -0.4 is 5.73 Å². The first-order chi connectivity index (χ1) is 7.58. The van der Waals surface area contributed by atoms with E-state index in [1.807, 2.05) is 0 Å². The number of nitrogens with two attached hydrogens (primary N) is 1. The number of hydrogen-bond donors (Lipinski definition) is 3. The quantitative estimate of drug-likeness (QED) is 0.468. The Balaban J connectivity index is 2.43. The molecule has 4 heteroatoms. The minimum atomic E-state index is -0.697. The first-order valence-electron chi connectivity index (χ1n) is 5.88. The van der Waals surface area contributed by atoms with E-state index in [-0.39, 0.29) is 17.4 Å². The standard InChI is InChI=1S/C12H18N2O2/c13-11(14)8-4-3-7-12(10(8)16)6-2-1-5-9(12)15/h16H,1-7H2,(H3,13,14)/t12-/m1/s1. The molecule has 1 spiro atoms. The van der Waals surface area contributed by atoms with E-state index in [4.69, 9.17) is 11.1 Å². The molecule has 88 valence electrons. The Hall–Kier alpha value is -1.32. The number of aliphatic hydroxyl groups is 1. The molecule has 0 aromatic carbocycles. The molecule has 0 aromatic rings. The molecule has 2 aliphatic rings. The summed E-state index contributed by atoms with van der Waals surface area (Å²) < 4.78 is 0. The minimum absolute atomic E-state index is 0.0880. The number of Topliss-reactive ketones (excluding diaryl/α,β-unsaturated/α-hetero) is 1. The topological polar surface area (TPSA) is 87.2 Å². The average Bonchev–Trinajstić information content (AvgIpc) is 2.25. The van der Waals surface area contributed by atoms with Crippen LogP contribution in [0.2, 0.25) is 0 Å². The van der Waals surface area contributed by atoms with E-state index in [0.717, 1.165) is 19.3 Å². The Morgan fingerprint density at radius 1 is 1.25 bits per heavy atom. The monoisotopic (exact) mass is 222 g/mol. The van der Waals surface area contributed by atoms with Crippen molar-refractivity contribution in [2.75, 3.05) is 0 Å². The highest BCUT2D eigenvalue weighted by Crippen LogP contribution is 2.47. The Morgan fingerprint density at radius 3 is 2.56 bits per heavy atom. The maximum absolute atomic E-state index is 12.0. The van der Waals surface area contributed by atoms with Gasteiger partial charge in [0, 0.05) is 12.0 Å². The first-order valence-corrected chi connectivity index (χ1v) is 5.88. The third-order valence-electron chi connectivity index (χ3n) is 3.89. The number of allylic oxidation sites excluding steroid dienone is 1. The zero-order valence-electron chi connectivity index (χ0n) is 9.38. The number of amidine groups is 1. The maximum Gasteiger partial charge on any atom is 0.146 e. The smallest absolute Gasteiger partial charge is 0.146 e. The molecular weight excluding hydrogens is 204 g/mol. The summed E-state index contributed by atoms with van der Waals surface area (Å²) in [4.78, 5) is 12.0. The lowest BCUT2D eigenvalue weighted by molar-refractivity contribution is -0.131. The highest BCUT2D eigenvalue weighted by molar-refractivity contribution is 5.98. The number of carbonyl (C=O) groups excluding carboxylic acids is 1. The fourth-order valence-electron chi connectivity index (χ4n) is 2.96. The third kappa shape index (κ3) is 1.52. The van der Waals surface area contributed by atoms with E-state index in [0.29, 0.717) is 31.3 Å². The molecule has 4 N–H and O–H groups in total. The van der Waals surface area contributed by atoms with E-state index >= 15 is 0 Å². The largest absolute Gasteiger partial charge is 0.511 e. The molecule has 1 saturated carbocycles. The number of hydrogen-bond acceptors (Lipinski definition) is 3. The third-order valence-corrected chi connectivity index (χ3v) is 3.89. The molecular formula is C12H18N2O2. The normalized spacial score (nSPS) is 30.9. The van der Waals surface area contributed by atoms with E-state index in [9.17, 15) is 9.90 Å². The van der Waals surface area contributed by atoms with Crippen LogP contribution >= 0.6 is 0 Å². The van der Waals surface area contributed by atoms with Crippen molar-refractivity contribution in [3.8, 4) is 0 Å². The highest BCUT2D eigenvalue weighted by Gasteiger charge is 2.46. The van der Waals surface area contributed by atoms with Gasteiger partial charge in [0.15, 0.2) is 0 Å². The van der Waals surface area contributed by atoms with Crippen LogP contribution in [-0.4, -0.2) is 16.7 Å². The van der Waals surface area contributed by atoms with Gasteiger partial charge in [-0.1, -0.05) is 6.42 Å². The first kappa shape index (κ1) is 11.2. The van der Waals surface area contributed by atoms with Crippen LogP contribution in [0.3, 0.4) is 0 Å². The van der Waals surface area contributed by atoms with Crippen molar-refractivity contribution in [3.05, 3.63) is 11.3 Å². The lowest BCUT2D eigenvalue weighted by atomic mass is 9.65. The molecule has 2 rings (SSSR count). The zero-order valence-corrected chi connectivity index (χ0v) is 9.38. The number of ketones is 1. The molecule has 2 aliphatic carbocycles. The molecule has 0 saturated heterocycles. The number of rotatable bonds is 1. The average molecular weight is 222 g/mol. The molecule has 0 aliphatic heterocycles. The number of aliphatic hydroxyl groups excluding tert-OH is 1. The van der Waals surface area contributed by atoms with Crippen LogP contribution in [-0.2, 0) is 4.79 Å². The zero-order chi connectivity index (χ0) is 11.8. The fourth-order valence-corrected chi connectivity index (χ4v) is 2.96. The van der Waals surface area contributed by atoms with Crippen LogP contribution in [0.5, 0.6) is 0 Å². The summed E-state index contributed by atoms with van der Waals surface area (Å²) in [5, 5.41) is 17.7. The van der Waals surface area contributed by atoms with Gasteiger partial charge in [0.05, 0.1) is 5.41 Å². The van der Waals surface area contributed by atoms with Gasteiger partial charge in [0.1, 0.15) is 17.4 Å². The molecule has 1 fully saturated rings. The van der Waals surface area contributed by atoms with E-state index in [2.05, 4.69) is 0 Å². The second-order valence-electron chi connectivity index (χ2n) is 4.81. The highest BCUT2D eigenvalue weighted by atomic mass is 16.3. The maximum atomic E-state index is 12.0. The number of carbonyl (C=O) groups is 1. The van der Waals surface area contributed by atoms with Crippen LogP contribution in [0.1, 0.15) is 44.9 Å². The molecule has 0 aromatic heterocycles. The molecule has 0 amide bonds. The van der Waals surface area contributed by atoms with Crippen molar-refractivity contribution < 1.29 is 9.90 Å². The molecule has 1 atom stereocenters. The molecule has 16 heavy (non-hydrogen) atoms. The summed E-state index contributed by atoms with van der Waals surface area (Å²) in [6, 6.07) is 0. The summed E-state index contributed by atoms with van der Waals surface area (Å²) in [7, 11) is 0. The van der Waals surface area contributed by atoms with Crippen LogP contribution in [0.25, 0.3) is 0 Å².